The van der Waals surface area contributed by atoms with Gasteiger partial charge in [-0.2, -0.15) is 4.98 Å². The molecule has 0 unspecified atom stereocenters. The van der Waals surface area contributed by atoms with Gasteiger partial charge in [0.25, 0.3) is 0 Å². The minimum Gasteiger partial charge on any atom is -0.359 e. The van der Waals surface area contributed by atoms with Gasteiger partial charge in [-0.1, -0.05) is 27.7 Å². The minimum atomic E-state index is 0.608. The van der Waals surface area contributed by atoms with E-state index in [1.165, 1.54) is 10.3 Å². The highest BCUT2D eigenvalue weighted by Crippen LogP contribution is 2.32. The molecule has 0 amide bonds. The summed E-state index contributed by atoms with van der Waals surface area (Å²) in [6.07, 6.45) is 2.12. The molecular weight excluding hydrogens is 280 g/mol. The number of nitrogens with zero attached hydrogens (tertiary/aromatic N) is 3. The Hall–Kier alpha value is -1.36. The zero-order chi connectivity index (χ0) is 15.4. The van der Waals surface area contributed by atoms with Crippen molar-refractivity contribution in [1.82, 2.24) is 9.97 Å². The van der Waals surface area contributed by atoms with E-state index < -0.39 is 0 Å². The van der Waals surface area contributed by atoms with Gasteiger partial charge >= 0.3 is 0 Å². The van der Waals surface area contributed by atoms with Crippen LogP contribution >= 0.6 is 11.3 Å². The molecule has 0 atom stereocenters. The van der Waals surface area contributed by atoms with E-state index in [4.69, 9.17) is 4.98 Å². The first kappa shape index (κ1) is 16.0. The molecule has 2 aromatic rings. The van der Waals surface area contributed by atoms with Crippen molar-refractivity contribution >= 4 is 33.3 Å². The molecule has 2 rings (SSSR count). The van der Waals surface area contributed by atoms with Crippen LogP contribution in [0.25, 0.3) is 10.2 Å². The highest BCUT2D eigenvalue weighted by atomic mass is 32.1. The summed E-state index contributed by atoms with van der Waals surface area (Å²) in [7, 11) is 2.12. The summed E-state index contributed by atoms with van der Waals surface area (Å²) in [5.41, 5.74) is 0. The SMILES string of the molecule is CCCNc1nc(N(C)CC(C)C)c2cc(CC)sc2n1. The lowest BCUT2D eigenvalue weighted by Gasteiger charge is -2.21. The Morgan fingerprint density at radius 3 is 2.67 bits per heavy atom. The third kappa shape index (κ3) is 3.84. The third-order valence-corrected chi connectivity index (χ3v) is 4.48. The van der Waals surface area contributed by atoms with Crippen molar-refractivity contribution in [2.24, 2.45) is 5.92 Å². The molecule has 0 saturated heterocycles. The van der Waals surface area contributed by atoms with Gasteiger partial charge in [-0.25, -0.2) is 4.98 Å². The molecule has 0 spiro atoms. The highest BCUT2D eigenvalue weighted by Gasteiger charge is 2.15. The van der Waals surface area contributed by atoms with Crippen LogP contribution in [0.2, 0.25) is 0 Å². The first-order valence-corrected chi connectivity index (χ1v) is 8.62. The highest BCUT2D eigenvalue weighted by molar-refractivity contribution is 7.18. The van der Waals surface area contributed by atoms with E-state index in [0.29, 0.717) is 5.92 Å². The van der Waals surface area contributed by atoms with Crippen LogP contribution in [-0.2, 0) is 6.42 Å². The van der Waals surface area contributed by atoms with Crippen LogP contribution in [0, 0.1) is 5.92 Å². The maximum Gasteiger partial charge on any atom is 0.226 e. The van der Waals surface area contributed by atoms with E-state index >= 15 is 0 Å². The summed E-state index contributed by atoms with van der Waals surface area (Å²) in [6, 6.07) is 2.25. The number of nitrogens with one attached hydrogen (secondary N) is 1. The summed E-state index contributed by atoms with van der Waals surface area (Å²) in [5.74, 6) is 2.40. The van der Waals surface area contributed by atoms with Crippen molar-refractivity contribution in [1.29, 1.82) is 0 Å². The van der Waals surface area contributed by atoms with Gasteiger partial charge in [0.2, 0.25) is 5.95 Å². The zero-order valence-corrected chi connectivity index (χ0v) is 14.5. The Balaban J connectivity index is 2.45. The molecule has 5 heteroatoms. The van der Waals surface area contributed by atoms with Crippen molar-refractivity contribution < 1.29 is 0 Å². The third-order valence-electron chi connectivity index (χ3n) is 3.31. The number of hydrogen-bond acceptors (Lipinski definition) is 5. The molecule has 0 aliphatic heterocycles. The maximum atomic E-state index is 4.75. The van der Waals surface area contributed by atoms with Crippen molar-refractivity contribution in [3.05, 3.63) is 10.9 Å². The van der Waals surface area contributed by atoms with Crippen LogP contribution in [0.15, 0.2) is 6.07 Å². The van der Waals surface area contributed by atoms with Crippen molar-refractivity contribution in [3.8, 4) is 0 Å². The first-order valence-electron chi connectivity index (χ1n) is 7.80. The molecule has 21 heavy (non-hydrogen) atoms. The average molecular weight is 306 g/mol. The summed E-state index contributed by atoms with van der Waals surface area (Å²) >= 11 is 1.78. The van der Waals surface area contributed by atoms with Gasteiger partial charge < -0.3 is 10.2 Å². The summed E-state index contributed by atoms with van der Waals surface area (Å²) < 4.78 is 0. The molecule has 2 heterocycles. The van der Waals surface area contributed by atoms with Crippen LogP contribution in [0.5, 0.6) is 0 Å². The maximum absolute atomic E-state index is 4.75. The lowest BCUT2D eigenvalue weighted by atomic mass is 10.2. The predicted octanol–water partition coefficient (Wildman–Crippen LogP) is 4.17. The van der Waals surface area contributed by atoms with Gasteiger partial charge in [-0.05, 0) is 24.8 Å². The molecule has 4 nitrogen and oxygen atoms in total. The predicted molar refractivity (Wildman–Crippen MR) is 93.7 cm³/mol. The Morgan fingerprint density at radius 2 is 2.05 bits per heavy atom. The fraction of sp³-hybridized carbons (Fsp3) is 0.625. The Bertz CT molecular complexity index is 591. The van der Waals surface area contributed by atoms with E-state index in [9.17, 15) is 0 Å². The van der Waals surface area contributed by atoms with E-state index in [2.05, 4.69) is 56.0 Å². The van der Waals surface area contributed by atoms with Crippen LogP contribution in [0.3, 0.4) is 0 Å². The monoisotopic (exact) mass is 306 g/mol. The van der Waals surface area contributed by atoms with E-state index in [0.717, 1.165) is 42.5 Å². The van der Waals surface area contributed by atoms with Gasteiger partial charge in [0.1, 0.15) is 10.6 Å². The molecule has 0 saturated carbocycles. The molecule has 0 radical (unpaired) electrons. The summed E-state index contributed by atoms with van der Waals surface area (Å²) in [6.45, 7) is 10.7. The number of anilines is 2. The molecule has 1 N–H and O–H groups in total. The fourth-order valence-corrected chi connectivity index (χ4v) is 3.33. The molecular formula is C16H26N4S. The quantitative estimate of drug-likeness (QED) is 0.833. The van der Waals surface area contributed by atoms with Gasteiger partial charge in [0, 0.05) is 25.0 Å². The number of fused-ring (bicyclic) bond motifs is 1. The fourth-order valence-electron chi connectivity index (χ4n) is 2.37. The van der Waals surface area contributed by atoms with Gasteiger partial charge in [-0.15, -0.1) is 11.3 Å². The standard InChI is InChI=1S/C16H26N4S/c1-6-8-17-16-18-14(20(5)10-11(3)4)13-9-12(7-2)21-15(13)19-16/h9,11H,6-8,10H2,1-5H3,(H,17,18,19). The van der Waals surface area contributed by atoms with Gasteiger partial charge in [0.15, 0.2) is 0 Å². The number of hydrogen-bond donors (Lipinski definition) is 1. The number of aromatic nitrogens is 2. The molecule has 116 valence electrons. The van der Waals surface area contributed by atoms with Crippen LogP contribution in [0.4, 0.5) is 11.8 Å². The average Bonchev–Trinajstić information content (AvgIpc) is 2.86. The topological polar surface area (TPSA) is 41.1 Å². The molecule has 0 fully saturated rings. The van der Waals surface area contributed by atoms with E-state index in [-0.39, 0.29) is 0 Å². The Kier molecular flexibility index (Phi) is 5.39. The number of aryl methyl sites for hydroxylation is 1. The zero-order valence-electron chi connectivity index (χ0n) is 13.7. The molecule has 0 aromatic carbocycles. The van der Waals surface area contributed by atoms with Crippen LogP contribution in [-0.4, -0.2) is 30.1 Å². The summed E-state index contributed by atoms with van der Waals surface area (Å²) in [4.78, 5) is 14.1. The van der Waals surface area contributed by atoms with Crippen molar-refractivity contribution in [3.63, 3.8) is 0 Å². The second-order valence-corrected chi connectivity index (χ2v) is 6.97. The van der Waals surface area contributed by atoms with Crippen LogP contribution in [0.1, 0.15) is 39.0 Å². The van der Waals surface area contributed by atoms with Crippen molar-refractivity contribution in [2.75, 3.05) is 30.4 Å². The molecule has 2 aromatic heterocycles. The van der Waals surface area contributed by atoms with E-state index in [1.807, 2.05) is 0 Å². The summed E-state index contributed by atoms with van der Waals surface area (Å²) in [5, 5.41) is 4.50. The second kappa shape index (κ2) is 7.07. The van der Waals surface area contributed by atoms with Gasteiger partial charge in [-0.3, -0.25) is 0 Å². The second-order valence-electron chi connectivity index (χ2n) is 5.86. The number of thiophene rings is 1. The Morgan fingerprint density at radius 1 is 1.29 bits per heavy atom. The number of rotatable bonds is 7. The molecule has 0 bridgehead atoms. The van der Waals surface area contributed by atoms with Gasteiger partial charge in [0.05, 0.1) is 5.39 Å². The molecule has 0 aliphatic carbocycles. The van der Waals surface area contributed by atoms with Crippen molar-refractivity contribution in [2.45, 2.75) is 40.5 Å². The lowest BCUT2D eigenvalue weighted by Crippen LogP contribution is -2.24. The minimum absolute atomic E-state index is 0.608. The molecule has 0 aliphatic rings. The normalized spacial score (nSPS) is 11.3. The smallest absolute Gasteiger partial charge is 0.226 e. The van der Waals surface area contributed by atoms with Crippen LogP contribution < -0.4 is 10.2 Å². The Labute approximate surface area is 131 Å². The first-order chi connectivity index (χ1) is 10.0. The van der Waals surface area contributed by atoms with E-state index in [1.54, 1.807) is 11.3 Å². The largest absolute Gasteiger partial charge is 0.359 e. The lowest BCUT2D eigenvalue weighted by molar-refractivity contribution is 0.635.